The predicted molar refractivity (Wildman–Crippen MR) is 87.7 cm³/mol. The summed E-state index contributed by atoms with van der Waals surface area (Å²) in [5.74, 6) is 1.18. The van der Waals surface area contributed by atoms with Gasteiger partial charge in [-0.25, -0.2) is 0 Å². The Bertz CT molecular complexity index is 586. The van der Waals surface area contributed by atoms with Crippen molar-refractivity contribution in [2.24, 2.45) is 5.92 Å². The maximum absolute atomic E-state index is 5.60. The van der Waals surface area contributed by atoms with Crippen LogP contribution in [0, 0.1) is 19.8 Å². The Kier molecular flexibility index (Phi) is 5.36. The van der Waals surface area contributed by atoms with Gasteiger partial charge in [0.2, 0.25) is 5.89 Å². The Hall–Kier alpha value is -1.40. The Balaban J connectivity index is 2.03. The van der Waals surface area contributed by atoms with Gasteiger partial charge >= 0.3 is 6.01 Å². The standard InChI is InChI=1S/C15H21BrN4O/c1-9(2)7-17-8-13-19-20-15(21-13)18-14-10(3)5-12(16)6-11(14)4/h5-6,9,17H,7-8H2,1-4H3,(H,18,20). The summed E-state index contributed by atoms with van der Waals surface area (Å²) >= 11 is 3.49. The zero-order chi connectivity index (χ0) is 15.4. The van der Waals surface area contributed by atoms with E-state index >= 15 is 0 Å². The zero-order valence-electron chi connectivity index (χ0n) is 12.8. The highest BCUT2D eigenvalue weighted by atomic mass is 79.9. The van der Waals surface area contributed by atoms with Gasteiger partial charge in [0.1, 0.15) is 0 Å². The molecule has 0 saturated heterocycles. The van der Waals surface area contributed by atoms with E-state index in [1.54, 1.807) is 0 Å². The van der Waals surface area contributed by atoms with E-state index in [2.05, 4.69) is 62.7 Å². The van der Waals surface area contributed by atoms with E-state index < -0.39 is 0 Å². The normalized spacial score (nSPS) is 11.1. The van der Waals surface area contributed by atoms with Gasteiger partial charge in [-0.15, -0.1) is 5.10 Å². The minimum Gasteiger partial charge on any atom is -0.406 e. The van der Waals surface area contributed by atoms with Crippen molar-refractivity contribution in [3.05, 3.63) is 33.6 Å². The molecule has 1 aromatic carbocycles. The summed E-state index contributed by atoms with van der Waals surface area (Å²) in [6.07, 6.45) is 0. The fourth-order valence-electron chi connectivity index (χ4n) is 2.06. The summed E-state index contributed by atoms with van der Waals surface area (Å²) in [6.45, 7) is 9.92. The monoisotopic (exact) mass is 352 g/mol. The summed E-state index contributed by atoms with van der Waals surface area (Å²) < 4.78 is 6.66. The van der Waals surface area contributed by atoms with Crippen LogP contribution in [-0.2, 0) is 6.54 Å². The summed E-state index contributed by atoms with van der Waals surface area (Å²) in [5.41, 5.74) is 3.25. The van der Waals surface area contributed by atoms with Gasteiger partial charge in [-0.2, -0.15) is 0 Å². The Morgan fingerprint density at radius 1 is 1.19 bits per heavy atom. The molecule has 0 spiro atoms. The molecule has 1 aromatic heterocycles. The molecule has 0 aliphatic heterocycles. The Morgan fingerprint density at radius 3 is 2.48 bits per heavy atom. The van der Waals surface area contributed by atoms with Crippen molar-refractivity contribution in [2.45, 2.75) is 34.2 Å². The molecule has 0 unspecified atom stereocenters. The lowest BCUT2D eigenvalue weighted by Gasteiger charge is -2.10. The maximum Gasteiger partial charge on any atom is 0.320 e. The van der Waals surface area contributed by atoms with E-state index in [0.29, 0.717) is 24.4 Å². The molecule has 0 amide bonds. The molecule has 21 heavy (non-hydrogen) atoms. The molecule has 2 rings (SSSR count). The third-order valence-corrected chi connectivity index (χ3v) is 3.48. The van der Waals surface area contributed by atoms with Crippen molar-refractivity contribution < 1.29 is 4.42 Å². The van der Waals surface area contributed by atoms with Crippen LogP contribution in [0.1, 0.15) is 30.9 Å². The van der Waals surface area contributed by atoms with Crippen LogP contribution in [0.3, 0.4) is 0 Å². The molecule has 5 nitrogen and oxygen atoms in total. The van der Waals surface area contributed by atoms with Crippen LogP contribution in [-0.4, -0.2) is 16.7 Å². The van der Waals surface area contributed by atoms with E-state index in [0.717, 1.165) is 27.8 Å². The molecule has 0 radical (unpaired) electrons. The average Bonchev–Trinajstić information content (AvgIpc) is 2.81. The minimum absolute atomic E-state index is 0.421. The topological polar surface area (TPSA) is 63.0 Å². The molecule has 114 valence electrons. The van der Waals surface area contributed by atoms with Crippen molar-refractivity contribution in [1.29, 1.82) is 0 Å². The molecule has 6 heteroatoms. The van der Waals surface area contributed by atoms with Gasteiger partial charge in [0.15, 0.2) is 0 Å². The van der Waals surface area contributed by atoms with Crippen molar-refractivity contribution in [1.82, 2.24) is 15.5 Å². The second-order valence-electron chi connectivity index (χ2n) is 5.57. The molecule has 0 saturated carbocycles. The number of benzene rings is 1. The van der Waals surface area contributed by atoms with Crippen LogP contribution in [0.2, 0.25) is 0 Å². The van der Waals surface area contributed by atoms with Crippen LogP contribution >= 0.6 is 15.9 Å². The number of nitrogens with zero attached hydrogens (tertiary/aromatic N) is 2. The third kappa shape index (κ3) is 4.54. The first-order valence-electron chi connectivity index (χ1n) is 7.02. The molecule has 2 aromatic rings. The predicted octanol–water partition coefficient (Wildman–Crippen LogP) is 3.94. The number of nitrogens with one attached hydrogen (secondary N) is 2. The first kappa shape index (κ1) is 16.0. The van der Waals surface area contributed by atoms with E-state index in [9.17, 15) is 0 Å². The lowest BCUT2D eigenvalue weighted by atomic mass is 10.1. The van der Waals surface area contributed by atoms with E-state index in [-0.39, 0.29) is 0 Å². The van der Waals surface area contributed by atoms with Crippen LogP contribution in [0.4, 0.5) is 11.7 Å². The van der Waals surface area contributed by atoms with Crippen LogP contribution in [0.15, 0.2) is 21.0 Å². The van der Waals surface area contributed by atoms with Crippen molar-refractivity contribution >= 4 is 27.6 Å². The fraction of sp³-hybridized carbons (Fsp3) is 0.467. The molecule has 1 heterocycles. The summed E-state index contributed by atoms with van der Waals surface area (Å²) in [6, 6.07) is 4.53. The maximum atomic E-state index is 5.60. The van der Waals surface area contributed by atoms with E-state index in [4.69, 9.17) is 4.42 Å². The Morgan fingerprint density at radius 2 is 1.86 bits per heavy atom. The molecule has 0 aliphatic carbocycles. The van der Waals surface area contributed by atoms with Crippen LogP contribution in [0.25, 0.3) is 0 Å². The highest BCUT2D eigenvalue weighted by Crippen LogP contribution is 2.27. The number of hydrogen-bond acceptors (Lipinski definition) is 5. The second kappa shape index (κ2) is 7.04. The van der Waals surface area contributed by atoms with Gasteiger partial charge in [-0.05, 0) is 49.6 Å². The van der Waals surface area contributed by atoms with E-state index in [1.165, 1.54) is 0 Å². The van der Waals surface area contributed by atoms with Gasteiger partial charge in [-0.3, -0.25) is 0 Å². The first-order valence-corrected chi connectivity index (χ1v) is 7.82. The first-order chi connectivity index (χ1) is 9.95. The molecule has 0 atom stereocenters. The lowest BCUT2D eigenvalue weighted by molar-refractivity contribution is 0.460. The number of aryl methyl sites for hydroxylation is 2. The van der Waals surface area contributed by atoms with Crippen molar-refractivity contribution in [3.8, 4) is 0 Å². The number of anilines is 2. The van der Waals surface area contributed by atoms with Gasteiger partial charge in [0, 0.05) is 10.2 Å². The average molecular weight is 353 g/mol. The zero-order valence-corrected chi connectivity index (χ0v) is 14.4. The molecular formula is C15H21BrN4O. The van der Waals surface area contributed by atoms with Gasteiger partial charge in [0.05, 0.1) is 6.54 Å². The second-order valence-corrected chi connectivity index (χ2v) is 6.48. The summed E-state index contributed by atoms with van der Waals surface area (Å²) in [7, 11) is 0. The smallest absolute Gasteiger partial charge is 0.320 e. The SMILES string of the molecule is Cc1cc(Br)cc(C)c1Nc1nnc(CNCC(C)C)o1. The largest absolute Gasteiger partial charge is 0.406 e. The quantitative estimate of drug-likeness (QED) is 0.824. The van der Waals surface area contributed by atoms with Crippen LogP contribution < -0.4 is 10.6 Å². The van der Waals surface area contributed by atoms with Gasteiger partial charge in [-0.1, -0.05) is 34.9 Å². The molecule has 2 N–H and O–H groups in total. The fourth-order valence-corrected chi connectivity index (χ4v) is 2.74. The van der Waals surface area contributed by atoms with Crippen molar-refractivity contribution in [2.75, 3.05) is 11.9 Å². The summed E-state index contributed by atoms with van der Waals surface area (Å²) in [5, 5.41) is 14.5. The van der Waals surface area contributed by atoms with Crippen molar-refractivity contribution in [3.63, 3.8) is 0 Å². The van der Waals surface area contributed by atoms with Gasteiger partial charge in [0.25, 0.3) is 0 Å². The van der Waals surface area contributed by atoms with E-state index in [1.807, 2.05) is 13.8 Å². The highest BCUT2D eigenvalue weighted by molar-refractivity contribution is 9.10. The molecular weight excluding hydrogens is 332 g/mol. The highest BCUT2D eigenvalue weighted by Gasteiger charge is 2.10. The van der Waals surface area contributed by atoms with Gasteiger partial charge < -0.3 is 15.1 Å². The Labute approximate surface area is 133 Å². The number of aromatic nitrogens is 2. The van der Waals surface area contributed by atoms with Crippen LogP contribution in [0.5, 0.6) is 0 Å². The minimum atomic E-state index is 0.421. The lowest BCUT2D eigenvalue weighted by Crippen LogP contribution is -2.19. The third-order valence-electron chi connectivity index (χ3n) is 3.03. The number of halogens is 1. The number of rotatable bonds is 6. The number of hydrogen-bond donors (Lipinski definition) is 2. The molecule has 0 fully saturated rings. The molecule has 0 bridgehead atoms. The summed E-state index contributed by atoms with van der Waals surface area (Å²) in [4.78, 5) is 0. The molecule has 0 aliphatic rings.